The van der Waals surface area contributed by atoms with Gasteiger partial charge in [0, 0.05) is 0 Å². The average molecular weight is 510 g/mol. The molecule has 0 saturated carbocycles. The van der Waals surface area contributed by atoms with Crippen molar-refractivity contribution in [3.05, 3.63) is 101 Å². The SMILES string of the molecule is C=C(C(=C)[Si](C)(C)C)[Si](C)(C)C.O=C([NH][Ti]1([CH]2C=Cc3ccccc32)[CH2][CH2]1)c1ccccc1. The van der Waals surface area contributed by atoms with Gasteiger partial charge in [-0.3, -0.25) is 0 Å². The van der Waals surface area contributed by atoms with Gasteiger partial charge in [-0.25, -0.2) is 0 Å². The molecule has 1 aliphatic heterocycles. The molecule has 5 heteroatoms. The number of allylic oxidation sites excluding steroid dienone is 3. The van der Waals surface area contributed by atoms with Crippen molar-refractivity contribution in [2.24, 2.45) is 0 Å². The van der Waals surface area contributed by atoms with Crippen LogP contribution in [0.5, 0.6) is 0 Å². The Morgan fingerprint density at radius 2 is 1.36 bits per heavy atom. The molecular formula is C28H39NOSi2Ti. The summed E-state index contributed by atoms with van der Waals surface area (Å²) in [4.78, 5) is 12.5. The van der Waals surface area contributed by atoms with Crippen molar-refractivity contribution in [2.75, 3.05) is 0 Å². The van der Waals surface area contributed by atoms with E-state index in [1.165, 1.54) is 31.0 Å². The maximum absolute atomic E-state index is 12.5. The molecule has 0 bridgehead atoms. The van der Waals surface area contributed by atoms with Crippen molar-refractivity contribution in [3.63, 3.8) is 0 Å². The third kappa shape index (κ3) is 6.24. The van der Waals surface area contributed by atoms with Gasteiger partial charge in [0.1, 0.15) is 0 Å². The molecule has 0 radical (unpaired) electrons. The number of benzene rings is 2. The Hall–Kier alpha value is -1.72. The molecular weight excluding hydrogens is 470 g/mol. The molecule has 0 spiro atoms. The van der Waals surface area contributed by atoms with Crippen LogP contribution in [-0.4, -0.2) is 22.1 Å². The molecule has 1 unspecified atom stereocenters. The topological polar surface area (TPSA) is 29.1 Å². The van der Waals surface area contributed by atoms with Crippen LogP contribution in [0.25, 0.3) is 6.08 Å². The average Bonchev–Trinajstić information content (AvgIpc) is 3.40. The van der Waals surface area contributed by atoms with Crippen molar-refractivity contribution >= 4 is 28.1 Å². The zero-order chi connectivity index (χ0) is 24.4. The molecule has 2 aromatic carbocycles. The van der Waals surface area contributed by atoms with Crippen LogP contribution in [0, 0.1) is 0 Å². The van der Waals surface area contributed by atoms with E-state index in [0.717, 1.165) is 5.56 Å². The molecule has 1 aliphatic carbocycles. The fourth-order valence-corrected chi connectivity index (χ4v) is 15.0. The van der Waals surface area contributed by atoms with Gasteiger partial charge in [-0.05, 0) is 0 Å². The van der Waals surface area contributed by atoms with Crippen LogP contribution >= 0.6 is 0 Å². The number of rotatable bonds is 6. The van der Waals surface area contributed by atoms with Crippen LogP contribution in [0.4, 0.5) is 0 Å². The number of hydrogen-bond acceptors (Lipinski definition) is 1. The number of nitrogens with one attached hydrogen (secondary N) is 1. The van der Waals surface area contributed by atoms with Crippen molar-refractivity contribution in [1.29, 1.82) is 0 Å². The quantitative estimate of drug-likeness (QED) is 0.311. The van der Waals surface area contributed by atoms with E-state index in [-0.39, 0.29) is 5.91 Å². The van der Waals surface area contributed by atoms with Gasteiger partial charge in [0.25, 0.3) is 0 Å². The van der Waals surface area contributed by atoms with E-state index in [9.17, 15) is 4.79 Å². The van der Waals surface area contributed by atoms with Gasteiger partial charge >= 0.3 is 128 Å². The van der Waals surface area contributed by atoms with Crippen LogP contribution in [0.3, 0.4) is 0 Å². The molecule has 2 nitrogen and oxygen atoms in total. The summed E-state index contributed by atoms with van der Waals surface area (Å²) >= 11 is -2.27. The maximum atomic E-state index is 12.5. The predicted molar refractivity (Wildman–Crippen MR) is 147 cm³/mol. The van der Waals surface area contributed by atoms with E-state index in [4.69, 9.17) is 0 Å². The normalized spacial score (nSPS) is 17.9. The first-order chi connectivity index (χ1) is 15.3. The second-order valence-corrected chi connectivity index (χ2v) is 28.1. The first-order valence-corrected chi connectivity index (χ1v) is 22.8. The summed E-state index contributed by atoms with van der Waals surface area (Å²) in [5, 5.41) is 2.73. The van der Waals surface area contributed by atoms with Crippen molar-refractivity contribution in [1.82, 2.24) is 3.80 Å². The fourth-order valence-electron chi connectivity index (χ4n) is 4.17. The summed E-state index contributed by atoms with van der Waals surface area (Å²) in [6, 6.07) is 18.2. The van der Waals surface area contributed by atoms with Crippen LogP contribution < -0.4 is 3.80 Å². The first-order valence-electron chi connectivity index (χ1n) is 11.9. The van der Waals surface area contributed by atoms with Crippen molar-refractivity contribution in [2.45, 2.75) is 53.0 Å². The van der Waals surface area contributed by atoms with E-state index in [0.29, 0.717) is 4.22 Å². The van der Waals surface area contributed by atoms with Gasteiger partial charge in [-0.15, -0.1) is 0 Å². The summed E-state index contributed by atoms with van der Waals surface area (Å²) in [7, 11) is -2.39. The molecule has 1 saturated heterocycles. The van der Waals surface area contributed by atoms with Crippen molar-refractivity contribution in [3.8, 4) is 0 Å². The second kappa shape index (κ2) is 9.87. The zero-order valence-corrected chi connectivity index (χ0v) is 24.7. The minimum absolute atomic E-state index is 0.117. The van der Waals surface area contributed by atoms with Gasteiger partial charge in [-0.1, -0.05) is 62.8 Å². The van der Waals surface area contributed by atoms with E-state index in [1.807, 2.05) is 30.3 Å². The summed E-state index contributed by atoms with van der Waals surface area (Å²) in [5.74, 6) is 0.117. The Balaban J connectivity index is 0.000000221. The monoisotopic (exact) mass is 509 g/mol. The number of carbonyl (C=O) groups is 1. The van der Waals surface area contributed by atoms with E-state index in [2.05, 4.69) is 92.7 Å². The summed E-state index contributed by atoms with van der Waals surface area (Å²) in [6.07, 6.45) is 4.54. The Labute approximate surface area is 206 Å². The summed E-state index contributed by atoms with van der Waals surface area (Å²) in [5.41, 5.74) is 3.53. The third-order valence-corrected chi connectivity index (χ3v) is 17.5. The number of amides is 1. The standard InChI is InChI=1S/C10H22Si2.C9H7.C7H7NO.C2H4.Ti/c1-9(11(3,4)5)10(2)12(6,7)8;1-2-5-9-7-3-6-8(9)4-1;8-7(9)6-4-2-1-3-5-6;1-2;/h1-2H2,3-8H3;1-7H;1-5H,(H2,8,9);1-2H2;/q;;;;+1/p-1. The van der Waals surface area contributed by atoms with E-state index >= 15 is 0 Å². The second-order valence-electron chi connectivity index (χ2n) is 11.4. The molecule has 2 aliphatic rings. The molecule has 1 fully saturated rings. The summed E-state index contributed by atoms with van der Waals surface area (Å²) in [6.45, 7) is 22.4. The molecule has 1 atom stereocenters. The van der Waals surface area contributed by atoms with Crippen LogP contribution in [-0.2, 0) is 16.8 Å². The zero-order valence-electron chi connectivity index (χ0n) is 21.2. The molecule has 0 aromatic heterocycles. The summed E-state index contributed by atoms with van der Waals surface area (Å²) < 4.78 is 6.43. The number of carbonyl (C=O) groups excluding carboxylic acids is 1. The van der Waals surface area contributed by atoms with Crippen LogP contribution in [0.15, 0.2) is 84.2 Å². The Morgan fingerprint density at radius 3 is 1.88 bits per heavy atom. The van der Waals surface area contributed by atoms with Gasteiger partial charge in [-0.2, -0.15) is 0 Å². The number of hydrogen-bond donors (Lipinski definition) is 1. The van der Waals surface area contributed by atoms with E-state index in [1.54, 1.807) is 0 Å². The predicted octanol–water partition coefficient (Wildman–Crippen LogP) is 7.96. The van der Waals surface area contributed by atoms with Crippen molar-refractivity contribution < 1.29 is 21.6 Å². The molecule has 4 rings (SSSR count). The van der Waals surface area contributed by atoms with Gasteiger partial charge in [0.15, 0.2) is 0 Å². The van der Waals surface area contributed by atoms with Gasteiger partial charge in [0.05, 0.1) is 16.1 Å². The molecule has 1 amide bonds. The molecule has 33 heavy (non-hydrogen) atoms. The molecule has 174 valence electrons. The fraction of sp³-hybridized carbons (Fsp3) is 0.321. The van der Waals surface area contributed by atoms with Crippen LogP contribution in [0.1, 0.15) is 25.7 Å². The Bertz CT molecular complexity index is 1050. The first kappa shape index (κ1) is 25.9. The van der Waals surface area contributed by atoms with Crippen LogP contribution in [0.2, 0.25) is 48.7 Å². The minimum atomic E-state index is -2.27. The van der Waals surface area contributed by atoms with E-state index < -0.39 is 33.0 Å². The molecule has 1 heterocycles. The molecule has 2 aromatic rings. The third-order valence-electron chi connectivity index (χ3n) is 6.76. The van der Waals surface area contributed by atoms with Gasteiger partial charge < -0.3 is 0 Å². The van der Waals surface area contributed by atoms with Gasteiger partial charge in [0.2, 0.25) is 0 Å². The Kier molecular flexibility index (Phi) is 7.74. The Morgan fingerprint density at radius 1 is 0.848 bits per heavy atom. The molecule has 1 N–H and O–H groups in total. The number of fused-ring (bicyclic) bond motifs is 1.